The lowest BCUT2D eigenvalue weighted by molar-refractivity contribution is 0.0696. The average molecular weight is 289 g/mol. The number of methoxy groups -OCH3 is 1. The number of nitrogens with zero attached hydrogens (tertiary/aromatic N) is 1. The van der Waals surface area contributed by atoms with Gasteiger partial charge in [-0.2, -0.15) is 0 Å². The van der Waals surface area contributed by atoms with Crippen molar-refractivity contribution in [3.63, 3.8) is 0 Å². The highest BCUT2D eigenvalue weighted by atomic mass is 16.5. The first-order valence-electron chi connectivity index (χ1n) is 7.78. The lowest BCUT2D eigenvalue weighted by Gasteiger charge is -2.23. The molecule has 2 fully saturated rings. The van der Waals surface area contributed by atoms with Crippen molar-refractivity contribution in [1.29, 1.82) is 0 Å². The first-order valence-corrected chi connectivity index (χ1v) is 7.78. The Balaban J connectivity index is 1.75. The Hall–Kier alpha value is -1.55. The molecule has 4 nitrogen and oxygen atoms in total. The van der Waals surface area contributed by atoms with E-state index in [1.165, 1.54) is 25.7 Å². The summed E-state index contributed by atoms with van der Waals surface area (Å²) in [5.74, 6) is 1.60. The molecular formula is C17H23NO3. The fourth-order valence-corrected chi connectivity index (χ4v) is 2.81. The van der Waals surface area contributed by atoms with Crippen LogP contribution in [0.2, 0.25) is 0 Å². The number of hydrogen-bond donors (Lipinski definition) is 1. The van der Waals surface area contributed by atoms with Gasteiger partial charge in [-0.05, 0) is 55.7 Å². The Kier molecular flexibility index (Phi) is 4.15. The van der Waals surface area contributed by atoms with Crippen LogP contribution in [0.3, 0.4) is 0 Å². The van der Waals surface area contributed by atoms with Gasteiger partial charge in [-0.15, -0.1) is 0 Å². The minimum atomic E-state index is -0.880. The molecule has 0 aromatic heterocycles. The highest BCUT2D eigenvalue weighted by Crippen LogP contribution is 2.35. The normalized spacial score (nSPS) is 18.0. The number of carbonyl (C=O) groups is 1. The van der Waals surface area contributed by atoms with E-state index in [2.05, 4.69) is 4.90 Å². The molecule has 0 spiro atoms. The van der Waals surface area contributed by atoms with Crippen molar-refractivity contribution in [1.82, 2.24) is 4.90 Å². The Morgan fingerprint density at radius 2 is 1.86 bits per heavy atom. The van der Waals surface area contributed by atoms with E-state index in [1.807, 2.05) is 0 Å². The Labute approximate surface area is 125 Å². The van der Waals surface area contributed by atoms with Gasteiger partial charge in [0, 0.05) is 25.2 Å². The maximum Gasteiger partial charge on any atom is 0.335 e. The molecule has 0 bridgehead atoms. The largest absolute Gasteiger partial charge is 0.496 e. The van der Waals surface area contributed by atoms with Crippen LogP contribution in [0, 0.1) is 11.8 Å². The number of hydrogen-bond acceptors (Lipinski definition) is 3. The van der Waals surface area contributed by atoms with Gasteiger partial charge < -0.3 is 9.84 Å². The van der Waals surface area contributed by atoms with Gasteiger partial charge in [-0.1, -0.05) is 0 Å². The molecule has 0 amide bonds. The van der Waals surface area contributed by atoms with Crippen LogP contribution in [0.5, 0.6) is 5.75 Å². The fraction of sp³-hybridized carbons (Fsp3) is 0.588. The summed E-state index contributed by atoms with van der Waals surface area (Å²) in [5, 5.41) is 9.16. The lowest BCUT2D eigenvalue weighted by atomic mass is 10.1. The summed E-state index contributed by atoms with van der Waals surface area (Å²) in [6, 6.07) is 5.13. The third kappa shape index (κ3) is 3.97. The molecule has 0 aliphatic heterocycles. The molecule has 0 unspecified atom stereocenters. The maximum atomic E-state index is 11.2. The minimum absolute atomic E-state index is 0.337. The minimum Gasteiger partial charge on any atom is -0.496 e. The monoisotopic (exact) mass is 289 g/mol. The molecule has 0 heterocycles. The van der Waals surface area contributed by atoms with Gasteiger partial charge in [0.1, 0.15) is 5.75 Å². The van der Waals surface area contributed by atoms with Crippen LogP contribution in [0.1, 0.15) is 41.6 Å². The second-order valence-corrected chi connectivity index (χ2v) is 6.41. The van der Waals surface area contributed by atoms with E-state index in [1.54, 1.807) is 25.3 Å². The number of carboxylic acids is 1. The Morgan fingerprint density at radius 3 is 2.33 bits per heavy atom. The molecule has 21 heavy (non-hydrogen) atoms. The van der Waals surface area contributed by atoms with Crippen LogP contribution in [-0.2, 0) is 6.54 Å². The molecule has 1 N–H and O–H groups in total. The molecule has 114 valence electrons. The third-order valence-electron chi connectivity index (χ3n) is 4.35. The summed E-state index contributed by atoms with van der Waals surface area (Å²) in [6.07, 6.45) is 5.36. The molecular weight excluding hydrogens is 266 g/mol. The predicted octanol–water partition coefficient (Wildman–Crippen LogP) is 3.02. The van der Waals surface area contributed by atoms with Crippen molar-refractivity contribution in [2.45, 2.75) is 32.2 Å². The van der Waals surface area contributed by atoms with Crippen molar-refractivity contribution < 1.29 is 14.6 Å². The van der Waals surface area contributed by atoms with Crippen LogP contribution in [-0.4, -0.2) is 36.2 Å². The van der Waals surface area contributed by atoms with E-state index in [9.17, 15) is 4.79 Å². The molecule has 2 aliphatic rings. The van der Waals surface area contributed by atoms with Crippen LogP contribution in [0.25, 0.3) is 0 Å². The maximum absolute atomic E-state index is 11.2. The SMILES string of the molecule is COc1ccc(C(=O)O)cc1CN(CC1CC1)CC1CC1. The fourth-order valence-electron chi connectivity index (χ4n) is 2.81. The zero-order valence-corrected chi connectivity index (χ0v) is 12.5. The first kappa shape index (κ1) is 14.4. The second kappa shape index (κ2) is 6.06. The van der Waals surface area contributed by atoms with Crippen LogP contribution in [0.15, 0.2) is 18.2 Å². The van der Waals surface area contributed by atoms with Gasteiger partial charge in [0.15, 0.2) is 0 Å². The quantitative estimate of drug-likeness (QED) is 0.799. The van der Waals surface area contributed by atoms with E-state index >= 15 is 0 Å². The van der Waals surface area contributed by atoms with E-state index in [4.69, 9.17) is 9.84 Å². The molecule has 1 aromatic carbocycles. The van der Waals surface area contributed by atoms with E-state index in [0.29, 0.717) is 5.56 Å². The average Bonchev–Trinajstić information content (AvgIpc) is 3.35. The number of rotatable bonds is 8. The predicted molar refractivity (Wildman–Crippen MR) is 80.7 cm³/mol. The van der Waals surface area contributed by atoms with Gasteiger partial charge in [0.05, 0.1) is 12.7 Å². The zero-order valence-electron chi connectivity index (χ0n) is 12.5. The van der Waals surface area contributed by atoms with E-state index in [0.717, 1.165) is 42.8 Å². The van der Waals surface area contributed by atoms with Gasteiger partial charge in [-0.3, -0.25) is 4.90 Å². The molecule has 0 atom stereocenters. The van der Waals surface area contributed by atoms with Crippen molar-refractivity contribution >= 4 is 5.97 Å². The lowest BCUT2D eigenvalue weighted by Crippen LogP contribution is -2.28. The molecule has 3 rings (SSSR count). The van der Waals surface area contributed by atoms with Crippen molar-refractivity contribution in [2.24, 2.45) is 11.8 Å². The summed E-state index contributed by atoms with van der Waals surface area (Å²) < 4.78 is 5.40. The Bertz CT molecular complexity index is 507. The molecule has 2 saturated carbocycles. The van der Waals surface area contributed by atoms with Gasteiger partial charge >= 0.3 is 5.97 Å². The van der Waals surface area contributed by atoms with Crippen LogP contribution >= 0.6 is 0 Å². The van der Waals surface area contributed by atoms with E-state index < -0.39 is 5.97 Å². The third-order valence-corrected chi connectivity index (χ3v) is 4.35. The highest BCUT2D eigenvalue weighted by molar-refractivity contribution is 5.88. The molecule has 0 saturated heterocycles. The van der Waals surface area contributed by atoms with Crippen molar-refractivity contribution in [3.05, 3.63) is 29.3 Å². The summed E-state index contributed by atoms with van der Waals surface area (Å²) in [5.41, 5.74) is 1.32. The van der Waals surface area contributed by atoms with Crippen molar-refractivity contribution in [2.75, 3.05) is 20.2 Å². The summed E-state index contributed by atoms with van der Waals surface area (Å²) >= 11 is 0. The number of carboxylic acid groups (broad SMARTS) is 1. The van der Waals surface area contributed by atoms with Crippen molar-refractivity contribution in [3.8, 4) is 5.75 Å². The number of aromatic carboxylic acids is 1. The zero-order chi connectivity index (χ0) is 14.8. The standard InChI is InChI=1S/C17H23NO3/c1-21-16-7-6-14(17(19)20)8-15(16)11-18(9-12-2-3-12)10-13-4-5-13/h6-8,12-13H,2-5,9-11H2,1H3,(H,19,20). The highest BCUT2D eigenvalue weighted by Gasteiger charge is 2.29. The second-order valence-electron chi connectivity index (χ2n) is 6.41. The number of ether oxygens (including phenoxy) is 1. The molecule has 1 aromatic rings. The summed E-state index contributed by atoms with van der Waals surface area (Å²) in [4.78, 5) is 13.6. The molecule has 0 radical (unpaired) electrons. The summed E-state index contributed by atoms with van der Waals surface area (Å²) in [7, 11) is 1.64. The van der Waals surface area contributed by atoms with Gasteiger partial charge in [-0.25, -0.2) is 4.79 Å². The van der Waals surface area contributed by atoms with E-state index in [-0.39, 0.29) is 0 Å². The van der Waals surface area contributed by atoms with Gasteiger partial charge in [0.2, 0.25) is 0 Å². The number of benzene rings is 1. The van der Waals surface area contributed by atoms with Crippen LogP contribution in [0.4, 0.5) is 0 Å². The smallest absolute Gasteiger partial charge is 0.335 e. The van der Waals surface area contributed by atoms with Crippen LogP contribution < -0.4 is 4.74 Å². The topological polar surface area (TPSA) is 49.8 Å². The summed E-state index contributed by atoms with van der Waals surface area (Å²) in [6.45, 7) is 3.06. The first-order chi connectivity index (χ1) is 10.2. The molecule has 2 aliphatic carbocycles. The molecule has 4 heteroatoms. The van der Waals surface area contributed by atoms with Gasteiger partial charge in [0.25, 0.3) is 0 Å². The Morgan fingerprint density at radius 1 is 1.24 bits per heavy atom.